The normalized spacial score (nSPS) is 19.4. The van der Waals surface area contributed by atoms with Gasteiger partial charge >= 0.3 is 11.9 Å². The van der Waals surface area contributed by atoms with Gasteiger partial charge < -0.3 is 10.5 Å². The van der Waals surface area contributed by atoms with Crippen LogP contribution in [-0.2, 0) is 6.54 Å². The molecule has 3 N–H and O–H groups in total. The third-order valence-corrected chi connectivity index (χ3v) is 3.81. The summed E-state index contributed by atoms with van der Waals surface area (Å²) in [5.41, 5.74) is 10.2. The van der Waals surface area contributed by atoms with Gasteiger partial charge in [-0.2, -0.15) is 5.43 Å². The molecule has 2 aromatic carbocycles. The Kier molecular flexibility index (Phi) is 3.30. The number of nitrogens with zero attached hydrogens (tertiary/aromatic N) is 1. The molecule has 1 heterocycles. The van der Waals surface area contributed by atoms with E-state index < -0.39 is 10.6 Å². The van der Waals surface area contributed by atoms with E-state index in [1.165, 1.54) is 0 Å². The van der Waals surface area contributed by atoms with Gasteiger partial charge in [-0.15, -0.1) is 4.59 Å². The van der Waals surface area contributed by atoms with Crippen LogP contribution >= 0.6 is 0 Å². The Bertz CT molecular complexity index is 743. The first-order chi connectivity index (χ1) is 10.6. The zero-order valence-corrected chi connectivity index (χ0v) is 12.1. The van der Waals surface area contributed by atoms with Gasteiger partial charge in [-0.3, -0.25) is 4.79 Å². The highest BCUT2D eigenvalue weighted by molar-refractivity contribution is 6.08. The van der Waals surface area contributed by atoms with E-state index in [0.717, 1.165) is 11.3 Å². The number of benzene rings is 2. The van der Waals surface area contributed by atoms with Crippen LogP contribution in [0.4, 0.5) is 10.5 Å². The second kappa shape index (κ2) is 5.16. The largest absolute Gasteiger partial charge is 0.497 e. The van der Waals surface area contributed by atoms with Crippen molar-refractivity contribution in [2.24, 2.45) is 5.73 Å². The van der Waals surface area contributed by atoms with E-state index in [0.29, 0.717) is 11.3 Å². The van der Waals surface area contributed by atoms with E-state index in [2.05, 4.69) is 5.43 Å². The molecule has 0 radical (unpaired) electrons. The number of carbonyl (C=O) groups excluding carboxylic acids is 2. The van der Waals surface area contributed by atoms with Crippen molar-refractivity contribution in [3.63, 3.8) is 0 Å². The average molecular weight is 298 g/mol. The lowest BCUT2D eigenvalue weighted by Crippen LogP contribution is -2.63. The highest BCUT2D eigenvalue weighted by atomic mass is 16.5. The lowest BCUT2D eigenvalue weighted by Gasteiger charge is -2.27. The third-order valence-electron chi connectivity index (χ3n) is 3.81. The molecular formula is C16H16N3O3+. The summed E-state index contributed by atoms with van der Waals surface area (Å²) in [6.45, 7) is 0.238. The number of fused-ring (bicyclic) bond motifs is 1. The maximum atomic E-state index is 12.1. The van der Waals surface area contributed by atoms with Crippen LogP contribution in [0.1, 0.15) is 15.9 Å². The van der Waals surface area contributed by atoms with E-state index in [4.69, 9.17) is 10.5 Å². The van der Waals surface area contributed by atoms with Gasteiger partial charge in [-0.1, -0.05) is 12.1 Å². The van der Waals surface area contributed by atoms with Crippen molar-refractivity contribution < 1.29 is 14.3 Å². The van der Waals surface area contributed by atoms with Crippen molar-refractivity contribution in [2.75, 3.05) is 7.11 Å². The molecule has 0 fully saturated rings. The van der Waals surface area contributed by atoms with Crippen molar-refractivity contribution in [3.05, 3.63) is 59.7 Å². The second-order valence-corrected chi connectivity index (χ2v) is 5.11. The fourth-order valence-electron chi connectivity index (χ4n) is 2.67. The Labute approximate surface area is 127 Å². The van der Waals surface area contributed by atoms with Gasteiger partial charge in [0.1, 0.15) is 17.9 Å². The number of hydrogen-bond acceptors (Lipinski definition) is 3. The second-order valence-electron chi connectivity index (χ2n) is 5.11. The highest BCUT2D eigenvalue weighted by Gasteiger charge is 2.48. The molecule has 1 unspecified atom stereocenters. The molecule has 6 nitrogen and oxygen atoms in total. The van der Waals surface area contributed by atoms with Crippen LogP contribution in [-0.4, -0.2) is 19.0 Å². The summed E-state index contributed by atoms with van der Waals surface area (Å²) in [7, 11) is 1.59. The molecule has 3 rings (SSSR count). The van der Waals surface area contributed by atoms with Crippen molar-refractivity contribution >= 4 is 17.6 Å². The number of carbonyl (C=O) groups is 2. The van der Waals surface area contributed by atoms with Crippen LogP contribution in [0, 0.1) is 0 Å². The minimum atomic E-state index is -0.630. The summed E-state index contributed by atoms with van der Waals surface area (Å²) in [6, 6.07) is 13.6. The fourth-order valence-corrected chi connectivity index (χ4v) is 2.67. The quantitative estimate of drug-likeness (QED) is 0.850. The molecule has 0 spiro atoms. The molecule has 0 bridgehead atoms. The first-order valence-corrected chi connectivity index (χ1v) is 6.80. The van der Waals surface area contributed by atoms with Crippen LogP contribution < -0.4 is 20.5 Å². The summed E-state index contributed by atoms with van der Waals surface area (Å²) >= 11 is 0. The maximum absolute atomic E-state index is 12.1. The molecule has 0 aliphatic carbocycles. The highest BCUT2D eigenvalue weighted by Crippen LogP contribution is 2.33. The number of nitrogens with one attached hydrogen (secondary N) is 1. The topological polar surface area (TPSA) is 81.4 Å². The number of primary amides is 1. The van der Waals surface area contributed by atoms with E-state index in [1.807, 2.05) is 12.1 Å². The Morgan fingerprint density at radius 2 is 1.86 bits per heavy atom. The zero-order chi connectivity index (χ0) is 15.7. The molecule has 1 aliphatic rings. The first-order valence-electron chi connectivity index (χ1n) is 6.80. The number of nitrogens with two attached hydrogens (primary N) is 1. The van der Waals surface area contributed by atoms with Gasteiger partial charge in [0.25, 0.3) is 0 Å². The van der Waals surface area contributed by atoms with Crippen LogP contribution in [0.2, 0.25) is 0 Å². The molecule has 1 aliphatic heterocycles. The van der Waals surface area contributed by atoms with Crippen LogP contribution in [0.5, 0.6) is 5.75 Å². The minimum Gasteiger partial charge on any atom is -0.497 e. The van der Waals surface area contributed by atoms with Gasteiger partial charge in [-0.05, 0) is 30.3 Å². The SMILES string of the molecule is COc1ccc(C[N+]2(C(N)=O)NC(=O)c3ccccc32)cc1. The molecule has 1 atom stereocenters. The third kappa shape index (κ3) is 2.10. The summed E-state index contributed by atoms with van der Waals surface area (Å²) in [5, 5.41) is 0. The van der Waals surface area contributed by atoms with Crippen molar-refractivity contribution in [1.29, 1.82) is 0 Å². The lowest BCUT2D eigenvalue weighted by molar-refractivity contribution is 0.0878. The van der Waals surface area contributed by atoms with Crippen molar-refractivity contribution in [2.45, 2.75) is 6.54 Å². The lowest BCUT2D eigenvalue weighted by atomic mass is 10.1. The predicted octanol–water partition coefficient (Wildman–Crippen LogP) is 1.94. The Morgan fingerprint density at radius 3 is 2.50 bits per heavy atom. The van der Waals surface area contributed by atoms with E-state index in [9.17, 15) is 9.59 Å². The number of ether oxygens (including phenoxy) is 1. The summed E-state index contributed by atoms with van der Waals surface area (Å²) < 4.78 is 4.70. The molecule has 2 aromatic rings. The number of para-hydroxylation sites is 1. The van der Waals surface area contributed by atoms with Crippen LogP contribution in [0.15, 0.2) is 48.5 Å². The Balaban J connectivity index is 2.03. The van der Waals surface area contributed by atoms with Crippen molar-refractivity contribution in [3.8, 4) is 5.75 Å². The summed E-state index contributed by atoms with van der Waals surface area (Å²) in [4.78, 5) is 24.2. The molecule has 0 aromatic heterocycles. The number of methoxy groups -OCH3 is 1. The monoisotopic (exact) mass is 298 g/mol. The van der Waals surface area contributed by atoms with Gasteiger partial charge in [0.05, 0.1) is 7.11 Å². The standard InChI is InChI=1S/C16H15N3O3/c1-22-12-8-6-11(7-9-12)10-19(16(17)21)14-5-3-2-4-13(14)15(20)18-19/h2-9H,10H2,1H3,(H2-,17,18,20,21)/p+1. The van der Waals surface area contributed by atoms with Crippen LogP contribution in [0.25, 0.3) is 0 Å². The Morgan fingerprint density at radius 1 is 1.18 bits per heavy atom. The molecule has 3 amide bonds. The van der Waals surface area contributed by atoms with Gasteiger partial charge in [-0.25, -0.2) is 4.79 Å². The number of hydrogen-bond donors (Lipinski definition) is 2. The minimum absolute atomic E-state index is 0.238. The molecule has 112 valence electrons. The van der Waals surface area contributed by atoms with Gasteiger partial charge in [0.15, 0.2) is 5.69 Å². The zero-order valence-electron chi connectivity index (χ0n) is 12.1. The number of quaternary nitrogens is 1. The van der Waals surface area contributed by atoms with Gasteiger partial charge in [0.2, 0.25) is 0 Å². The number of rotatable bonds is 3. The van der Waals surface area contributed by atoms with E-state index in [-0.39, 0.29) is 12.5 Å². The van der Waals surface area contributed by atoms with Gasteiger partial charge in [0, 0.05) is 11.6 Å². The maximum Gasteiger partial charge on any atom is 0.444 e. The van der Waals surface area contributed by atoms with Crippen LogP contribution in [0.3, 0.4) is 0 Å². The summed E-state index contributed by atoms with van der Waals surface area (Å²) in [6.07, 6.45) is 0. The summed E-state index contributed by atoms with van der Waals surface area (Å²) in [5.74, 6) is 0.420. The number of urea groups is 1. The van der Waals surface area contributed by atoms with Crippen molar-refractivity contribution in [1.82, 2.24) is 10.0 Å². The number of amides is 3. The first kappa shape index (κ1) is 14.1. The van der Waals surface area contributed by atoms with E-state index in [1.54, 1.807) is 43.5 Å². The molecular weight excluding hydrogens is 282 g/mol. The predicted molar refractivity (Wildman–Crippen MR) is 82.0 cm³/mol. The fraction of sp³-hybridized carbons (Fsp3) is 0.125. The van der Waals surface area contributed by atoms with E-state index >= 15 is 0 Å². The molecule has 0 saturated carbocycles. The smallest absolute Gasteiger partial charge is 0.444 e. The Hall–Kier alpha value is -2.86. The molecule has 0 saturated heterocycles. The average Bonchev–Trinajstić information content (AvgIpc) is 2.82. The molecule has 6 heteroatoms. The molecule has 22 heavy (non-hydrogen) atoms.